The van der Waals surface area contributed by atoms with Crippen LogP contribution in [0.1, 0.15) is 11.1 Å². The minimum Gasteiger partial charge on any atom is -0.506 e. The molecule has 1 aromatic rings. The highest BCUT2D eigenvalue weighted by Gasteiger charge is 2.25. The Bertz CT molecular complexity index is 412. The smallest absolute Gasteiger partial charge is 0.315 e. The van der Waals surface area contributed by atoms with E-state index in [1.165, 1.54) is 11.8 Å². The topological polar surface area (TPSA) is 46.5 Å². The van der Waals surface area contributed by atoms with Gasteiger partial charge in [-0.05, 0) is 19.2 Å². The van der Waals surface area contributed by atoms with Crippen LogP contribution in [0.3, 0.4) is 0 Å². The van der Waals surface area contributed by atoms with Crippen molar-refractivity contribution in [3.05, 3.63) is 17.2 Å². The molecule has 0 radical (unpaired) electrons. The summed E-state index contributed by atoms with van der Waals surface area (Å²) in [4.78, 5) is 11.8. The number of hydrogen-bond acceptors (Lipinski definition) is 4. The molecule has 74 valence electrons. The van der Waals surface area contributed by atoms with Crippen LogP contribution in [0.15, 0.2) is 11.0 Å². The third-order valence-corrected chi connectivity index (χ3v) is 3.05. The Balaban J connectivity index is 2.61. The minimum absolute atomic E-state index is 0.214. The van der Waals surface area contributed by atoms with Gasteiger partial charge in [-0.2, -0.15) is 0 Å². The van der Waals surface area contributed by atoms with Crippen molar-refractivity contribution in [1.82, 2.24) is 0 Å². The number of fused-ring (bicyclic) bond motifs is 1. The van der Waals surface area contributed by atoms with E-state index in [4.69, 9.17) is 4.74 Å². The summed E-state index contributed by atoms with van der Waals surface area (Å²) in [6, 6.07) is 1.81. The maximum Gasteiger partial charge on any atom is 0.315 e. The number of aromatic hydroxyl groups is 1. The Morgan fingerprint density at radius 1 is 1.57 bits per heavy atom. The maximum absolute atomic E-state index is 11.1. The van der Waals surface area contributed by atoms with Gasteiger partial charge < -0.3 is 9.84 Å². The number of esters is 1. The molecule has 0 aromatic heterocycles. The van der Waals surface area contributed by atoms with E-state index in [1.54, 1.807) is 6.92 Å². The molecule has 1 N–H and O–H groups in total. The first-order chi connectivity index (χ1) is 6.63. The lowest BCUT2D eigenvalue weighted by Crippen LogP contribution is -2.00. The second-order valence-corrected chi connectivity index (χ2v) is 4.04. The largest absolute Gasteiger partial charge is 0.506 e. The fraction of sp³-hybridized carbons (Fsp3) is 0.300. The number of phenolic OH excluding ortho intramolecular Hbond substituents is 1. The Labute approximate surface area is 86.1 Å². The first-order valence-corrected chi connectivity index (χ1v) is 5.46. The van der Waals surface area contributed by atoms with Gasteiger partial charge in [0.1, 0.15) is 11.5 Å². The molecule has 14 heavy (non-hydrogen) atoms. The molecule has 0 aliphatic carbocycles. The highest BCUT2D eigenvalue weighted by atomic mass is 32.2. The third kappa shape index (κ3) is 1.26. The average Bonchev–Trinajstić information content (AvgIpc) is 2.52. The highest BCUT2D eigenvalue weighted by molar-refractivity contribution is 7.98. The maximum atomic E-state index is 11.1. The predicted octanol–water partition coefficient (Wildman–Crippen LogP) is 1.88. The van der Waals surface area contributed by atoms with Crippen molar-refractivity contribution in [2.24, 2.45) is 0 Å². The summed E-state index contributed by atoms with van der Waals surface area (Å²) in [5.74, 6) is 0.497. The van der Waals surface area contributed by atoms with Crippen LogP contribution in [0.5, 0.6) is 11.5 Å². The molecule has 1 aliphatic rings. The quantitative estimate of drug-likeness (QED) is 0.437. The van der Waals surface area contributed by atoms with Gasteiger partial charge in [-0.1, -0.05) is 0 Å². The van der Waals surface area contributed by atoms with E-state index in [2.05, 4.69) is 0 Å². The fourth-order valence-corrected chi connectivity index (χ4v) is 2.17. The van der Waals surface area contributed by atoms with Crippen LogP contribution in [0, 0.1) is 6.92 Å². The van der Waals surface area contributed by atoms with Crippen molar-refractivity contribution < 1.29 is 14.6 Å². The number of carbonyl (C=O) groups excluding carboxylic acids is 1. The monoisotopic (exact) mass is 210 g/mol. The van der Waals surface area contributed by atoms with Crippen molar-refractivity contribution in [3.8, 4) is 11.5 Å². The lowest BCUT2D eigenvalue weighted by molar-refractivity contribution is -0.131. The van der Waals surface area contributed by atoms with Crippen LogP contribution in [0.25, 0.3) is 0 Å². The van der Waals surface area contributed by atoms with E-state index < -0.39 is 0 Å². The Morgan fingerprint density at radius 2 is 2.29 bits per heavy atom. The van der Waals surface area contributed by atoms with Crippen LogP contribution in [0.2, 0.25) is 0 Å². The number of ether oxygens (including phenoxy) is 1. The number of phenols is 1. The molecule has 0 saturated heterocycles. The molecular weight excluding hydrogens is 200 g/mol. The number of thioether (sulfide) groups is 1. The first kappa shape index (κ1) is 9.40. The van der Waals surface area contributed by atoms with Gasteiger partial charge in [0.2, 0.25) is 0 Å². The van der Waals surface area contributed by atoms with Gasteiger partial charge in [-0.25, -0.2) is 0 Å². The standard InChI is InChI=1S/C10H10O3S/c1-5-9(12)7(14-2)3-6-4-8(11)13-10(5)6/h3,12H,4H2,1-2H3. The van der Waals surface area contributed by atoms with Crippen molar-refractivity contribution >= 4 is 17.7 Å². The van der Waals surface area contributed by atoms with E-state index in [1.807, 2.05) is 12.3 Å². The van der Waals surface area contributed by atoms with Gasteiger partial charge in [0, 0.05) is 16.0 Å². The van der Waals surface area contributed by atoms with Crippen molar-refractivity contribution in [3.63, 3.8) is 0 Å². The molecule has 4 heteroatoms. The first-order valence-electron chi connectivity index (χ1n) is 4.23. The van der Waals surface area contributed by atoms with Crippen molar-refractivity contribution in [2.75, 3.05) is 6.26 Å². The molecule has 0 atom stereocenters. The van der Waals surface area contributed by atoms with Crippen molar-refractivity contribution in [1.29, 1.82) is 0 Å². The summed E-state index contributed by atoms with van der Waals surface area (Å²) in [7, 11) is 0. The fourth-order valence-electron chi connectivity index (χ4n) is 1.56. The van der Waals surface area contributed by atoms with E-state index in [-0.39, 0.29) is 11.7 Å². The summed E-state index contributed by atoms with van der Waals surface area (Å²) in [6.07, 6.45) is 2.20. The van der Waals surface area contributed by atoms with Gasteiger partial charge >= 0.3 is 5.97 Å². The summed E-state index contributed by atoms with van der Waals surface area (Å²) in [5, 5.41) is 9.74. The molecule has 0 amide bonds. The molecule has 0 fully saturated rings. The van der Waals surface area contributed by atoms with Crippen LogP contribution >= 0.6 is 11.8 Å². The zero-order valence-corrected chi connectivity index (χ0v) is 8.77. The molecule has 1 heterocycles. The second-order valence-electron chi connectivity index (χ2n) is 3.19. The normalized spacial score (nSPS) is 14.0. The molecular formula is C10H10O3S. The van der Waals surface area contributed by atoms with Crippen LogP contribution in [-0.2, 0) is 11.2 Å². The Kier molecular flexibility index (Phi) is 2.15. The van der Waals surface area contributed by atoms with E-state index in [0.717, 1.165) is 10.5 Å². The number of hydrogen-bond donors (Lipinski definition) is 1. The van der Waals surface area contributed by atoms with E-state index in [9.17, 15) is 9.90 Å². The van der Waals surface area contributed by atoms with Gasteiger partial charge in [-0.3, -0.25) is 4.79 Å². The summed E-state index contributed by atoms with van der Waals surface area (Å²) >= 11 is 1.46. The highest BCUT2D eigenvalue weighted by Crippen LogP contribution is 2.41. The molecule has 1 aromatic carbocycles. The molecule has 0 bridgehead atoms. The number of carbonyl (C=O) groups is 1. The van der Waals surface area contributed by atoms with Crippen LogP contribution in [0.4, 0.5) is 0 Å². The molecule has 0 saturated carbocycles. The van der Waals surface area contributed by atoms with Crippen LogP contribution < -0.4 is 4.74 Å². The number of benzene rings is 1. The lowest BCUT2D eigenvalue weighted by Gasteiger charge is -2.08. The van der Waals surface area contributed by atoms with Gasteiger partial charge in [0.25, 0.3) is 0 Å². The summed E-state index contributed by atoms with van der Waals surface area (Å²) in [6.45, 7) is 1.76. The zero-order chi connectivity index (χ0) is 10.3. The van der Waals surface area contributed by atoms with Gasteiger partial charge in [0.05, 0.1) is 6.42 Å². The van der Waals surface area contributed by atoms with Crippen LogP contribution in [-0.4, -0.2) is 17.3 Å². The number of rotatable bonds is 1. The third-order valence-electron chi connectivity index (χ3n) is 2.30. The van der Waals surface area contributed by atoms with Gasteiger partial charge in [0.15, 0.2) is 0 Å². The molecule has 2 rings (SSSR count). The molecule has 0 spiro atoms. The molecule has 1 aliphatic heterocycles. The Morgan fingerprint density at radius 3 is 2.93 bits per heavy atom. The average molecular weight is 210 g/mol. The van der Waals surface area contributed by atoms with E-state index >= 15 is 0 Å². The minimum atomic E-state index is -0.249. The summed E-state index contributed by atoms with van der Waals surface area (Å²) in [5.41, 5.74) is 1.52. The molecule has 3 nitrogen and oxygen atoms in total. The second kappa shape index (κ2) is 3.20. The van der Waals surface area contributed by atoms with Gasteiger partial charge in [-0.15, -0.1) is 11.8 Å². The predicted molar refractivity (Wildman–Crippen MR) is 54.0 cm³/mol. The Hall–Kier alpha value is -1.16. The lowest BCUT2D eigenvalue weighted by atomic mass is 10.1. The molecule has 0 unspecified atom stereocenters. The zero-order valence-electron chi connectivity index (χ0n) is 7.96. The SMILES string of the molecule is CSc1cc2c(c(C)c1O)OC(=O)C2. The van der Waals surface area contributed by atoms with Crippen molar-refractivity contribution in [2.45, 2.75) is 18.2 Å². The van der Waals surface area contributed by atoms with E-state index in [0.29, 0.717) is 17.7 Å². The summed E-state index contributed by atoms with van der Waals surface area (Å²) < 4.78 is 5.01.